The number of carbonyl (C=O) groups excluding carboxylic acids is 1. The van der Waals surface area contributed by atoms with Crippen LogP contribution in [0.1, 0.15) is 28.4 Å². The van der Waals surface area contributed by atoms with Gasteiger partial charge in [-0.25, -0.2) is 4.79 Å². The highest BCUT2D eigenvalue weighted by atomic mass is 32.2. The molecule has 0 heterocycles. The van der Waals surface area contributed by atoms with Crippen molar-refractivity contribution < 1.29 is 14.7 Å². The quantitative estimate of drug-likeness (QED) is 0.295. The van der Waals surface area contributed by atoms with Crippen molar-refractivity contribution in [1.82, 2.24) is 0 Å². The van der Waals surface area contributed by atoms with Crippen LogP contribution in [0.5, 0.6) is 0 Å². The average molecular weight is 253 g/mol. The summed E-state index contributed by atoms with van der Waals surface area (Å²) in [6, 6.07) is 3.55. The van der Waals surface area contributed by atoms with E-state index in [2.05, 4.69) is 5.16 Å². The van der Waals surface area contributed by atoms with Crippen LogP contribution in [-0.4, -0.2) is 30.3 Å². The topological polar surface area (TPSA) is 58.9 Å². The molecule has 0 spiro atoms. The number of esters is 1. The first-order valence-corrected chi connectivity index (χ1v) is 6.40. The first-order valence-electron chi connectivity index (χ1n) is 5.17. The van der Waals surface area contributed by atoms with Crippen LogP contribution in [0, 0.1) is 6.92 Å². The normalized spacial score (nSPS) is 10.8. The molecule has 0 unspecified atom stereocenters. The Bertz CT molecular complexity index is 444. The first-order chi connectivity index (χ1) is 8.15. The molecule has 1 rings (SSSR count). The van der Waals surface area contributed by atoms with E-state index >= 15 is 0 Å². The number of rotatable bonds is 4. The SMILES string of the molecule is CCOC(=O)c1ccc(SC)c(C=NO)c1C. The maximum Gasteiger partial charge on any atom is 0.338 e. The third kappa shape index (κ3) is 3.00. The molecule has 0 aliphatic rings. The summed E-state index contributed by atoms with van der Waals surface area (Å²) in [7, 11) is 0. The van der Waals surface area contributed by atoms with E-state index in [0.717, 1.165) is 16.0 Å². The third-order valence-corrected chi connectivity index (χ3v) is 3.17. The van der Waals surface area contributed by atoms with Crippen molar-refractivity contribution in [3.8, 4) is 0 Å². The lowest BCUT2D eigenvalue weighted by Gasteiger charge is -2.10. The number of benzene rings is 1. The molecule has 1 aromatic rings. The van der Waals surface area contributed by atoms with Gasteiger partial charge in [0.15, 0.2) is 0 Å². The fourth-order valence-electron chi connectivity index (χ4n) is 1.53. The van der Waals surface area contributed by atoms with Crippen molar-refractivity contribution in [2.24, 2.45) is 5.16 Å². The van der Waals surface area contributed by atoms with E-state index in [9.17, 15) is 4.79 Å². The number of hydrogen-bond donors (Lipinski definition) is 1. The monoisotopic (exact) mass is 253 g/mol. The fraction of sp³-hybridized carbons (Fsp3) is 0.333. The van der Waals surface area contributed by atoms with Gasteiger partial charge in [0, 0.05) is 10.5 Å². The minimum absolute atomic E-state index is 0.339. The van der Waals surface area contributed by atoms with E-state index in [0.29, 0.717) is 12.2 Å². The maximum absolute atomic E-state index is 11.7. The summed E-state index contributed by atoms with van der Waals surface area (Å²) in [5.41, 5.74) is 2.00. The molecule has 0 radical (unpaired) electrons. The van der Waals surface area contributed by atoms with Crippen molar-refractivity contribution in [2.75, 3.05) is 12.9 Å². The van der Waals surface area contributed by atoms with Crippen LogP contribution in [0.15, 0.2) is 22.2 Å². The third-order valence-electron chi connectivity index (χ3n) is 2.38. The van der Waals surface area contributed by atoms with Crippen molar-refractivity contribution >= 4 is 23.9 Å². The molecule has 0 aliphatic heterocycles. The predicted molar refractivity (Wildman–Crippen MR) is 68.3 cm³/mol. The molecule has 0 aliphatic carbocycles. The highest BCUT2D eigenvalue weighted by molar-refractivity contribution is 7.98. The molecule has 5 heteroatoms. The highest BCUT2D eigenvalue weighted by Crippen LogP contribution is 2.25. The summed E-state index contributed by atoms with van der Waals surface area (Å²) >= 11 is 1.53. The summed E-state index contributed by atoms with van der Waals surface area (Å²) in [4.78, 5) is 12.6. The largest absolute Gasteiger partial charge is 0.462 e. The van der Waals surface area contributed by atoms with Crippen molar-refractivity contribution in [3.05, 3.63) is 28.8 Å². The van der Waals surface area contributed by atoms with Crippen LogP contribution in [0.3, 0.4) is 0 Å². The number of hydrogen-bond acceptors (Lipinski definition) is 5. The average Bonchev–Trinajstić information content (AvgIpc) is 2.32. The zero-order valence-corrected chi connectivity index (χ0v) is 10.9. The van der Waals surface area contributed by atoms with E-state index in [-0.39, 0.29) is 5.97 Å². The number of thioether (sulfide) groups is 1. The molecule has 0 aromatic heterocycles. The van der Waals surface area contributed by atoms with Gasteiger partial charge in [-0.05, 0) is 37.8 Å². The van der Waals surface area contributed by atoms with Crippen LogP contribution in [0.4, 0.5) is 0 Å². The highest BCUT2D eigenvalue weighted by Gasteiger charge is 2.14. The van der Waals surface area contributed by atoms with Gasteiger partial charge in [-0.15, -0.1) is 11.8 Å². The second-order valence-corrected chi connectivity index (χ2v) is 4.17. The van der Waals surface area contributed by atoms with Gasteiger partial charge in [-0.2, -0.15) is 0 Å². The first kappa shape index (κ1) is 13.6. The van der Waals surface area contributed by atoms with Crippen LogP contribution >= 0.6 is 11.8 Å². The summed E-state index contributed by atoms with van der Waals surface area (Å²) in [6.07, 6.45) is 3.26. The number of nitrogens with zero attached hydrogens (tertiary/aromatic N) is 1. The van der Waals surface area contributed by atoms with Crippen LogP contribution in [-0.2, 0) is 4.74 Å². The molecule has 17 heavy (non-hydrogen) atoms. The van der Waals surface area contributed by atoms with E-state index in [1.165, 1.54) is 18.0 Å². The van der Waals surface area contributed by atoms with Crippen molar-refractivity contribution in [3.63, 3.8) is 0 Å². The van der Waals surface area contributed by atoms with Gasteiger partial charge in [-0.1, -0.05) is 5.16 Å². The Labute approximate surface area is 105 Å². The molecule has 92 valence electrons. The van der Waals surface area contributed by atoms with Gasteiger partial charge in [0.2, 0.25) is 0 Å². The Balaban J connectivity index is 3.27. The van der Waals surface area contributed by atoms with Crippen LogP contribution < -0.4 is 0 Å². The molecular formula is C12H15NO3S. The van der Waals surface area contributed by atoms with Gasteiger partial charge in [0.05, 0.1) is 18.4 Å². The molecule has 0 amide bonds. The zero-order valence-electron chi connectivity index (χ0n) is 10.1. The van der Waals surface area contributed by atoms with E-state index in [4.69, 9.17) is 9.94 Å². The molecular weight excluding hydrogens is 238 g/mol. The van der Waals surface area contributed by atoms with E-state index in [1.54, 1.807) is 13.0 Å². The maximum atomic E-state index is 11.7. The second kappa shape index (κ2) is 6.30. The van der Waals surface area contributed by atoms with Crippen molar-refractivity contribution in [2.45, 2.75) is 18.7 Å². The van der Waals surface area contributed by atoms with Gasteiger partial charge < -0.3 is 9.94 Å². The Kier molecular flexibility index (Phi) is 5.03. The molecule has 0 atom stereocenters. The number of ether oxygens (including phenoxy) is 1. The predicted octanol–water partition coefficient (Wildman–Crippen LogP) is 2.70. The number of carbonyl (C=O) groups is 1. The molecule has 0 bridgehead atoms. The smallest absolute Gasteiger partial charge is 0.338 e. The molecule has 4 nitrogen and oxygen atoms in total. The summed E-state index contributed by atoms with van der Waals surface area (Å²) in [5, 5.41) is 11.7. The Morgan fingerprint density at radius 1 is 1.59 bits per heavy atom. The Morgan fingerprint density at radius 3 is 2.82 bits per heavy atom. The lowest BCUT2D eigenvalue weighted by molar-refractivity contribution is 0.0525. The summed E-state index contributed by atoms with van der Waals surface area (Å²) in [6.45, 7) is 3.91. The Hall–Kier alpha value is -1.49. The summed E-state index contributed by atoms with van der Waals surface area (Å²) < 4.78 is 4.96. The van der Waals surface area contributed by atoms with Gasteiger partial charge in [0.25, 0.3) is 0 Å². The van der Waals surface area contributed by atoms with Crippen LogP contribution in [0.2, 0.25) is 0 Å². The minimum Gasteiger partial charge on any atom is -0.462 e. The van der Waals surface area contributed by atoms with E-state index < -0.39 is 0 Å². The second-order valence-electron chi connectivity index (χ2n) is 3.32. The van der Waals surface area contributed by atoms with E-state index in [1.807, 2.05) is 19.2 Å². The molecule has 1 aromatic carbocycles. The van der Waals surface area contributed by atoms with Gasteiger partial charge in [-0.3, -0.25) is 0 Å². The standard InChI is InChI=1S/C12H15NO3S/c1-4-16-12(14)9-5-6-11(17-3)10(7-13-15)8(9)2/h5-7,15H,4H2,1-3H3. The van der Waals surface area contributed by atoms with Crippen LogP contribution in [0.25, 0.3) is 0 Å². The number of oxime groups is 1. The van der Waals surface area contributed by atoms with Gasteiger partial charge in [0.1, 0.15) is 0 Å². The fourth-order valence-corrected chi connectivity index (χ4v) is 2.16. The molecule has 0 saturated carbocycles. The zero-order chi connectivity index (χ0) is 12.8. The minimum atomic E-state index is -0.356. The Morgan fingerprint density at radius 2 is 2.29 bits per heavy atom. The summed E-state index contributed by atoms with van der Waals surface area (Å²) in [5.74, 6) is -0.356. The molecule has 1 N–H and O–H groups in total. The lowest BCUT2D eigenvalue weighted by atomic mass is 10.0. The van der Waals surface area contributed by atoms with Crippen molar-refractivity contribution in [1.29, 1.82) is 0 Å². The molecule has 0 saturated heterocycles. The lowest BCUT2D eigenvalue weighted by Crippen LogP contribution is -2.08. The molecule has 0 fully saturated rings. The van der Waals surface area contributed by atoms with Gasteiger partial charge >= 0.3 is 5.97 Å².